The Bertz CT molecular complexity index is 1580. The van der Waals surface area contributed by atoms with Crippen molar-refractivity contribution in [1.82, 2.24) is 29.7 Å². The van der Waals surface area contributed by atoms with Crippen LogP contribution in [-0.4, -0.2) is 100 Å². The van der Waals surface area contributed by atoms with Crippen molar-refractivity contribution in [3.63, 3.8) is 0 Å². The van der Waals surface area contributed by atoms with Crippen molar-refractivity contribution in [3.8, 4) is 5.88 Å². The predicted molar refractivity (Wildman–Crippen MR) is 172 cm³/mol. The molecule has 1 spiro atoms. The number of anilines is 1. The molecule has 5 rings (SSSR count). The summed E-state index contributed by atoms with van der Waals surface area (Å²) in [6.07, 6.45) is -0.867. The maximum atomic E-state index is 14.7. The van der Waals surface area contributed by atoms with Gasteiger partial charge in [0.1, 0.15) is 29.8 Å². The smallest absolute Gasteiger partial charge is 0.479 e. The number of imidazole rings is 1. The first-order chi connectivity index (χ1) is 23.1. The molecule has 1 aliphatic carbocycles. The van der Waals surface area contributed by atoms with E-state index in [0.717, 1.165) is 0 Å². The lowest BCUT2D eigenvalue weighted by molar-refractivity contribution is -0.146. The van der Waals surface area contributed by atoms with Gasteiger partial charge in [0.2, 0.25) is 17.4 Å². The normalized spacial score (nSPS) is 28.0. The van der Waals surface area contributed by atoms with Crippen LogP contribution < -0.4 is 20.6 Å². The number of esters is 2. The van der Waals surface area contributed by atoms with Crippen molar-refractivity contribution < 1.29 is 51.9 Å². The van der Waals surface area contributed by atoms with Crippen LogP contribution in [0.2, 0.25) is 0 Å². The number of hydrogen-bond donors (Lipinski definition) is 3. The first-order valence-electron chi connectivity index (χ1n) is 16.4. The van der Waals surface area contributed by atoms with Crippen LogP contribution in [0.3, 0.4) is 0 Å². The highest BCUT2D eigenvalue weighted by Crippen LogP contribution is 2.72. The van der Waals surface area contributed by atoms with Gasteiger partial charge in [0, 0.05) is 0 Å². The van der Waals surface area contributed by atoms with Crippen molar-refractivity contribution in [1.29, 1.82) is 0 Å². The van der Waals surface area contributed by atoms with E-state index in [1.54, 1.807) is 25.3 Å². The molecule has 4 heterocycles. The van der Waals surface area contributed by atoms with Gasteiger partial charge in [-0.1, -0.05) is 27.7 Å². The number of fused-ring (bicyclic) bond motifs is 1. The lowest BCUT2D eigenvalue weighted by Crippen LogP contribution is -2.46. The van der Waals surface area contributed by atoms with Gasteiger partial charge in [-0.2, -0.15) is 9.97 Å². The second kappa shape index (κ2) is 14.0. The summed E-state index contributed by atoms with van der Waals surface area (Å²) in [5.74, 6) is -1.12. The zero-order valence-electron chi connectivity index (χ0n) is 29.0. The first-order valence-corrected chi connectivity index (χ1v) is 18.0. The van der Waals surface area contributed by atoms with E-state index in [1.165, 1.54) is 13.4 Å². The summed E-state index contributed by atoms with van der Waals surface area (Å²) in [7, 11) is -2.84. The molecule has 2 aliphatic heterocycles. The standard InChI is InChI=1S/C30H46N7O11P/c1-9-43-24(38)17(11-15(3)4)35-49(41,36-18(12-16(5)6)25(39)44-10-2)45-13-19-21-30(48-28(40)46-21)26(29(30,7)47-19)37-14-32-20-22(37)33-27(31)34-23(20)42-8/h14-19,21,26H,9-13H2,1-8H3,(H2,31,33,34)(H2,35,36,41). The zero-order valence-corrected chi connectivity index (χ0v) is 29.9. The molecular weight excluding hydrogens is 665 g/mol. The molecule has 0 aromatic carbocycles. The Balaban J connectivity index is 1.43. The third-order valence-corrected chi connectivity index (χ3v) is 10.6. The molecule has 3 aliphatic rings. The summed E-state index contributed by atoms with van der Waals surface area (Å²) in [4.78, 5) is 51.4. The van der Waals surface area contributed by atoms with E-state index in [-0.39, 0.29) is 56.3 Å². The molecule has 18 nitrogen and oxygen atoms in total. The minimum Gasteiger partial charge on any atom is -0.479 e. The number of nitrogen functional groups attached to an aromatic ring is 1. The molecule has 4 N–H and O–H groups in total. The maximum absolute atomic E-state index is 14.7. The van der Waals surface area contributed by atoms with Gasteiger partial charge < -0.3 is 43.2 Å². The van der Waals surface area contributed by atoms with E-state index in [9.17, 15) is 18.9 Å². The fourth-order valence-electron chi connectivity index (χ4n) is 6.82. The Labute approximate surface area is 284 Å². The lowest BCUT2D eigenvalue weighted by Gasteiger charge is -2.31. The van der Waals surface area contributed by atoms with E-state index in [1.807, 2.05) is 27.7 Å². The number of hydrogen-bond acceptors (Lipinski definition) is 15. The molecule has 0 bridgehead atoms. The zero-order chi connectivity index (χ0) is 35.9. The predicted octanol–water partition coefficient (Wildman–Crippen LogP) is 2.66. The third kappa shape index (κ3) is 6.80. The van der Waals surface area contributed by atoms with Crippen molar-refractivity contribution >= 4 is 42.9 Å². The van der Waals surface area contributed by atoms with Crippen LogP contribution in [0.15, 0.2) is 6.33 Å². The van der Waals surface area contributed by atoms with Crippen LogP contribution in [0.4, 0.5) is 10.7 Å². The number of methoxy groups -OCH3 is 1. The number of carbonyl (C=O) groups is 3. The van der Waals surface area contributed by atoms with Gasteiger partial charge in [-0.15, -0.1) is 0 Å². The van der Waals surface area contributed by atoms with E-state index >= 15 is 0 Å². The highest BCUT2D eigenvalue weighted by Gasteiger charge is 2.92. The van der Waals surface area contributed by atoms with Gasteiger partial charge in [-0.25, -0.2) is 20.0 Å². The van der Waals surface area contributed by atoms with Crippen LogP contribution in [0.1, 0.15) is 67.3 Å². The van der Waals surface area contributed by atoms with Crippen LogP contribution >= 0.6 is 7.67 Å². The third-order valence-electron chi connectivity index (χ3n) is 8.76. The Morgan fingerprint density at radius 3 is 2.18 bits per heavy atom. The fraction of sp³-hybridized carbons (Fsp3) is 0.733. The highest BCUT2D eigenvalue weighted by atomic mass is 31.2. The van der Waals surface area contributed by atoms with Gasteiger partial charge >= 0.3 is 25.8 Å². The number of nitrogens with zero attached hydrogens (tertiary/aromatic N) is 4. The highest BCUT2D eigenvalue weighted by molar-refractivity contribution is 7.54. The average Bonchev–Trinajstić information content (AvgIpc) is 3.37. The molecule has 2 aromatic heterocycles. The summed E-state index contributed by atoms with van der Waals surface area (Å²) >= 11 is 0. The SMILES string of the molecule is CCOC(=O)C(CC(C)C)NP(=O)(NC(CC(C)C)C(=O)OCC)OCC1OC2(C)C(n3cnc4c(OC)nc(N)nc43)C23OC(=O)OC13. The first kappa shape index (κ1) is 36.7. The summed E-state index contributed by atoms with van der Waals surface area (Å²) in [6.45, 7) is 12.5. The lowest BCUT2D eigenvalue weighted by atomic mass is 10.1. The second-order valence-corrected chi connectivity index (χ2v) is 15.1. The Hall–Kier alpha value is -3.57. The number of aromatic nitrogens is 4. The van der Waals surface area contributed by atoms with Gasteiger partial charge in [0.15, 0.2) is 17.3 Å². The van der Waals surface area contributed by atoms with Crippen LogP contribution in [-0.2, 0) is 42.4 Å². The number of nitrogens with one attached hydrogen (secondary N) is 2. The largest absolute Gasteiger partial charge is 0.509 e. The number of ether oxygens (including phenoxy) is 6. The Morgan fingerprint density at radius 1 is 1.06 bits per heavy atom. The molecule has 7 atom stereocenters. The quantitative estimate of drug-likeness (QED) is 0.122. The van der Waals surface area contributed by atoms with Gasteiger partial charge in [-0.05, 0) is 45.4 Å². The average molecular weight is 712 g/mol. The molecule has 0 radical (unpaired) electrons. The molecule has 19 heteroatoms. The van der Waals surface area contributed by atoms with E-state index in [4.69, 9.17) is 38.7 Å². The van der Waals surface area contributed by atoms with Crippen LogP contribution in [0.5, 0.6) is 5.88 Å². The monoisotopic (exact) mass is 711 g/mol. The topological polar surface area (TPSA) is 227 Å². The summed E-state index contributed by atoms with van der Waals surface area (Å²) in [5, 5.41) is 5.66. The number of rotatable bonds is 17. The van der Waals surface area contributed by atoms with E-state index in [2.05, 4.69) is 25.1 Å². The molecule has 3 fully saturated rings. The molecule has 1 saturated carbocycles. The van der Waals surface area contributed by atoms with Crippen LogP contribution in [0.25, 0.3) is 11.2 Å². The number of carbonyl (C=O) groups excluding carboxylic acids is 3. The van der Waals surface area contributed by atoms with Crippen molar-refractivity contribution in [2.75, 3.05) is 32.7 Å². The summed E-state index contributed by atoms with van der Waals surface area (Å²) < 4.78 is 56.1. The van der Waals surface area contributed by atoms with E-state index in [0.29, 0.717) is 11.2 Å². The molecule has 2 aromatic rings. The summed E-state index contributed by atoms with van der Waals surface area (Å²) in [6, 6.07) is -2.72. The Morgan fingerprint density at radius 2 is 1.65 bits per heavy atom. The van der Waals surface area contributed by atoms with Gasteiger partial charge in [0.05, 0.1) is 33.3 Å². The molecule has 0 amide bonds. The summed E-state index contributed by atoms with van der Waals surface area (Å²) in [5.41, 5.74) is 4.13. The Kier molecular flexibility index (Phi) is 10.5. The number of nitrogens with two attached hydrogens (primary N) is 1. The minimum atomic E-state index is -4.27. The molecule has 272 valence electrons. The van der Waals surface area contributed by atoms with Crippen LogP contribution in [0, 0.1) is 11.8 Å². The molecular formula is C30H46N7O11P. The minimum absolute atomic E-state index is 0.00351. The maximum Gasteiger partial charge on any atom is 0.509 e. The van der Waals surface area contributed by atoms with Gasteiger partial charge in [-0.3, -0.25) is 14.2 Å². The van der Waals surface area contributed by atoms with E-state index < -0.39 is 67.3 Å². The van der Waals surface area contributed by atoms with Gasteiger partial charge in [0.25, 0.3) is 0 Å². The molecule has 2 saturated heterocycles. The second-order valence-electron chi connectivity index (χ2n) is 13.2. The molecule has 7 unspecified atom stereocenters. The molecule has 49 heavy (non-hydrogen) atoms. The van der Waals surface area contributed by atoms with Crippen molar-refractivity contribution in [2.45, 2.75) is 103 Å². The van der Waals surface area contributed by atoms with Crippen molar-refractivity contribution in [3.05, 3.63) is 6.33 Å². The fourth-order valence-corrected chi connectivity index (χ4v) is 8.64. The van der Waals surface area contributed by atoms with Crippen molar-refractivity contribution in [2.24, 2.45) is 11.8 Å².